The highest BCUT2D eigenvalue weighted by Crippen LogP contribution is 2.18. The summed E-state index contributed by atoms with van der Waals surface area (Å²) in [6.45, 7) is 3.00. The second-order valence-corrected chi connectivity index (χ2v) is 4.28. The van der Waals surface area contributed by atoms with E-state index in [1.54, 1.807) is 12.4 Å². The molecule has 1 atom stereocenters. The third-order valence-electron chi connectivity index (χ3n) is 3.21. The number of rotatable bonds is 1. The number of nitrogens with two attached hydrogens (primary N) is 1. The van der Waals surface area contributed by atoms with Gasteiger partial charge in [0, 0.05) is 26.2 Å². The molecule has 7 nitrogen and oxygen atoms in total. The van der Waals surface area contributed by atoms with Gasteiger partial charge in [-0.05, 0) is 0 Å². The predicted octanol–water partition coefficient (Wildman–Crippen LogP) is -0.727. The molecule has 3 heterocycles. The van der Waals surface area contributed by atoms with Gasteiger partial charge in [0.2, 0.25) is 0 Å². The summed E-state index contributed by atoms with van der Waals surface area (Å²) in [5, 5.41) is 2.85. The smallest absolute Gasteiger partial charge is 0.317 e. The number of hydrogen-bond donors (Lipinski definition) is 2. The van der Waals surface area contributed by atoms with E-state index >= 15 is 0 Å². The first kappa shape index (κ1) is 10.1. The van der Waals surface area contributed by atoms with Gasteiger partial charge in [-0.25, -0.2) is 14.8 Å². The van der Waals surface area contributed by atoms with Crippen LogP contribution in [-0.4, -0.2) is 53.1 Å². The highest BCUT2D eigenvalue weighted by molar-refractivity contribution is 5.77. The van der Waals surface area contributed by atoms with Crippen LogP contribution in [0.1, 0.15) is 0 Å². The molecule has 2 fully saturated rings. The quantitative estimate of drug-likeness (QED) is 0.669. The lowest BCUT2D eigenvalue weighted by Gasteiger charge is -2.36. The number of carbonyl (C=O) groups is 1. The first-order chi connectivity index (χ1) is 8.24. The first-order valence-corrected chi connectivity index (χ1v) is 5.61. The molecule has 17 heavy (non-hydrogen) atoms. The highest BCUT2D eigenvalue weighted by atomic mass is 16.2. The molecule has 3 N–H and O–H groups in total. The average molecular weight is 234 g/mol. The number of anilines is 2. The Hall–Kier alpha value is -2.05. The van der Waals surface area contributed by atoms with Crippen LogP contribution in [0.15, 0.2) is 12.4 Å². The number of carbonyl (C=O) groups excluding carboxylic acids is 1. The Bertz CT molecular complexity index is 433. The largest absolute Gasteiger partial charge is 0.382 e. The van der Waals surface area contributed by atoms with Crippen molar-refractivity contribution in [1.82, 2.24) is 20.2 Å². The summed E-state index contributed by atoms with van der Waals surface area (Å²) in [5.74, 6) is 1.24. The summed E-state index contributed by atoms with van der Waals surface area (Å²) in [6, 6.07) is 0.272. The molecule has 90 valence electrons. The summed E-state index contributed by atoms with van der Waals surface area (Å²) in [5.41, 5.74) is 5.50. The van der Waals surface area contributed by atoms with Gasteiger partial charge in [-0.1, -0.05) is 0 Å². The lowest BCUT2D eigenvalue weighted by atomic mass is 10.2. The molecule has 2 amide bonds. The van der Waals surface area contributed by atoms with Crippen LogP contribution in [0.4, 0.5) is 16.4 Å². The first-order valence-electron chi connectivity index (χ1n) is 5.61. The van der Waals surface area contributed by atoms with Crippen LogP contribution in [0, 0.1) is 0 Å². The molecular formula is C10H14N6O. The number of hydrogen-bond acceptors (Lipinski definition) is 5. The fourth-order valence-electron chi connectivity index (χ4n) is 2.31. The minimum atomic E-state index is 0.0399. The normalized spacial score (nSPS) is 23.5. The number of nitrogens with zero attached hydrogens (tertiary/aromatic N) is 4. The maximum atomic E-state index is 11.4. The number of urea groups is 1. The van der Waals surface area contributed by atoms with Gasteiger partial charge in [0.15, 0.2) is 0 Å². The summed E-state index contributed by atoms with van der Waals surface area (Å²) < 4.78 is 0. The number of nitrogens with one attached hydrogen (secondary N) is 1. The second kappa shape index (κ2) is 3.76. The zero-order chi connectivity index (χ0) is 11.8. The van der Waals surface area contributed by atoms with E-state index in [0.717, 1.165) is 25.5 Å². The Morgan fingerprint density at radius 1 is 1.35 bits per heavy atom. The summed E-state index contributed by atoms with van der Waals surface area (Å²) in [7, 11) is 0. The number of nitrogen functional groups attached to an aromatic ring is 1. The molecule has 0 aromatic carbocycles. The predicted molar refractivity (Wildman–Crippen MR) is 62.6 cm³/mol. The van der Waals surface area contributed by atoms with Crippen molar-refractivity contribution in [3.8, 4) is 0 Å². The van der Waals surface area contributed by atoms with Crippen molar-refractivity contribution >= 4 is 17.7 Å². The van der Waals surface area contributed by atoms with Gasteiger partial charge in [-0.3, -0.25) is 0 Å². The van der Waals surface area contributed by atoms with Crippen molar-refractivity contribution in [1.29, 1.82) is 0 Å². The second-order valence-electron chi connectivity index (χ2n) is 4.28. The fourth-order valence-corrected chi connectivity index (χ4v) is 2.31. The molecular weight excluding hydrogens is 220 g/mol. The van der Waals surface area contributed by atoms with E-state index in [-0.39, 0.29) is 12.1 Å². The average Bonchev–Trinajstić information content (AvgIpc) is 2.72. The van der Waals surface area contributed by atoms with Gasteiger partial charge in [-0.15, -0.1) is 0 Å². The fraction of sp³-hybridized carbons (Fsp3) is 0.500. The Morgan fingerprint density at radius 2 is 2.24 bits per heavy atom. The highest BCUT2D eigenvalue weighted by Gasteiger charge is 2.35. The summed E-state index contributed by atoms with van der Waals surface area (Å²) in [6.07, 6.45) is 3.23. The van der Waals surface area contributed by atoms with Crippen LogP contribution < -0.4 is 16.0 Å². The lowest BCUT2D eigenvalue weighted by molar-refractivity contribution is 0.197. The maximum Gasteiger partial charge on any atom is 0.317 e. The zero-order valence-corrected chi connectivity index (χ0v) is 9.33. The molecule has 2 aliphatic heterocycles. The van der Waals surface area contributed by atoms with Crippen LogP contribution >= 0.6 is 0 Å². The van der Waals surface area contributed by atoms with Crippen molar-refractivity contribution < 1.29 is 4.79 Å². The van der Waals surface area contributed by atoms with Gasteiger partial charge in [-0.2, -0.15) is 0 Å². The van der Waals surface area contributed by atoms with Crippen molar-refractivity contribution in [2.45, 2.75) is 6.04 Å². The number of amides is 2. The van der Waals surface area contributed by atoms with E-state index in [4.69, 9.17) is 5.73 Å². The van der Waals surface area contributed by atoms with Crippen LogP contribution in [-0.2, 0) is 0 Å². The third kappa shape index (κ3) is 1.73. The number of piperazine rings is 1. The minimum Gasteiger partial charge on any atom is -0.382 e. The summed E-state index contributed by atoms with van der Waals surface area (Å²) >= 11 is 0. The van der Waals surface area contributed by atoms with Crippen LogP contribution in [0.25, 0.3) is 0 Å². The number of fused-ring (bicyclic) bond motifs is 1. The van der Waals surface area contributed by atoms with Gasteiger partial charge in [0.1, 0.15) is 11.6 Å². The van der Waals surface area contributed by atoms with Crippen LogP contribution in [0.5, 0.6) is 0 Å². The SMILES string of the molecule is Nc1cnc(N2CCN3C(=O)NCC3C2)cn1. The standard InChI is InChI=1S/C10H14N6O/c11-8-4-13-9(5-12-8)15-1-2-16-7(6-15)3-14-10(16)17/h4-5,7H,1-3,6H2,(H2,11,12)(H,14,17). The Morgan fingerprint density at radius 3 is 3.00 bits per heavy atom. The molecule has 2 aliphatic rings. The van der Waals surface area contributed by atoms with Crippen molar-refractivity contribution in [2.75, 3.05) is 36.8 Å². The summed E-state index contributed by atoms with van der Waals surface area (Å²) in [4.78, 5) is 23.7. The van der Waals surface area contributed by atoms with E-state index in [9.17, 15) is 4.79 Å². The molecule has 0 spiro atoms. The van der Waals surface area contributed by atoms with Gasteiger partial charge in [0.25, 0.3) is 0 Å². The van der Waals surface area contributed by atoms with E-state index in [1.165, 1.54) is 0 Å². The van der Waals surface area contributed by atoms with E-state index in [1.807, 2.05) is 4.90 Å². The monoisotopic (exact) mass is 234 g/mol. The molecule has 3 rings (SSSR count). The molecule has 7 heteroatoms. The third-order valence-corrected chi connectivity index (χ3v) is 3.21. The molecule has 1 aromatic heterocycles. The van der Waals surface area contributed by atoms with E-state index in [0.29, 0.717) is 12.4 Å². The van der Waals surface area contributed by atoms with Gasteiger partial charge < -0.3 is 20.9 Å². The molecule has 0 radical (unpaired) electrons. The lowest BCUT2D eigenvalue weighted by Crippen LogP contribution is -2.52. The van der Waals surface area contributed by atoms with E-state index < -0.39 is 0 Å². The van der Waals surface area contributed by atoms with Crippen LogP contribution in [0.2, 0.25) is 0 Å². The molecule has 2 saturated heterocycles. The maximum absolute atomic E-state index is 11.4. The van der Waals surface area contributed by atoms with E-state index in [2.05, 4.69) is 20.2 Å². The Kier molecular flexibility index (Phi) is 2.24. The molecule has 0 aliphatic carbocycles. The van der Waals surface area contributed by atoms with Crippen molar-refractivity contribution in [3.05, 3.63) is 12.4 Å². The van der Waals surface area contributed by atoms with Crippen molar-refractivity contribution in [2.24, 2.45) is 0 Å². The Balaban J connectivity index is 1.75. The molecule has 0 bridgehead atoms. The topological polar surface area (TPSA) is 87.4 Å². The van der Waals surface area contributed by atoms with Crippen molar-refractivity contribution in [3.63, 3.8) is 0 Å². The number of aromatic nitrogens is 2. The zero-order valence-electron chi connectivity index (χ0n) is 9.33. The van der Waals surface area contributed by atoms with Crippen LogP contribution in [0.3, 0.4) is 0 Å². The molecule has 1 aromatic rings. The molecule has 1 unspecified atom stereocenters. The van der Waals surface area contributed by atoms with Gasteiger partial charge >= 0.3 is 6.03 Å². The molecule has 0 saturated carbocycles. The Labute approximate surface area is 98.6 Å². The minimum absolute atomic E-state index is 0.0399. The van der Waals surface area contributed by atoms with Gasteiger partial charge in [0.05, 0.1) is 18.4 Å².